The first-order valence-corrected chi connectivity index (χ1v) is 6.00. The monoisotopic (exact) mass is 255 g/mol. The van der Waals surface area contributed by atoms with Crippen LogP contribution in [-0.2, 0) is 0 Å². The highest BCUT2D eigenvalue weighted by molar-refractivity contribution is 5.43. The first-order valence-electron chi connectivity index (χ1n) is 6.00. The fourth-order valence-electron chi connectivity index (χ4n) is 2.23. The minimum absolute atomic E-state index is 0.180. The molecule has 0 bridgehead atoms. The smallest absolute Gasteiger partial charge is 0.228 e. The van der Waals surface area contributed by atoms with Crippen molar-refractivity contribution in [3.05, 3.63) is 75.7 Å². The summed E-state index contributed by atoms with van der Waals surface area (Å²) in [4.78, 5) is 11.9. The zero-order valence-electron chi connectivity index (χ0n) is 10.4. The molecule has 0 spiro atoms. The van der Waals surface area contributed by atoms with Crippen molar-refractivity contribution >= 4 is 0 Å². The lowest BCUT2D eigenvalue weighted by molar-refractivity contribution is 0.343. The second-order valence-corrected chi connectivity index (χ2v) is 4.47. The Kier molecular flexibility index (Phi) is 2.63. The van der Waals surface area contributed by atoms with E-state index in [1.807, 2.05) is 30.3 Å². The van der Waals surface area contributed by atoms with Crippen molar-refractivity contribution in [3.63, 3.8) is 0 Å². The summed E-state index contributed by atoms with van der Waals surface area (Å²) in [7, 11) is 0. The summed E-state index contributed by atoms with van der Waals surface area (Å²) in [5, 5.41) is 0. The summed E-state index contributed by atoms with van der Waals surface area (Å²) in [6.45, 7) is 1.74. The van der Waals surface area contributed by atoms with Gasteiger partial charge in [-0.2, -0.15) is 0 Å². The van der Waals surface area contributed by atoms with Gasteiger partial charge in [0.05, 0.1) is 5.92 Å². The number of fused-ring (bicyclic) bond motifs is 1. The van der Waals surface area contributed by atoms with Crippen LogP contribution in [0.2, 0.25) is 0 Å². The zero-order valence-corrected chi connectivity index (χ0v) is 10.4. The van der Waals surface area contributed by atoms with Crippen LogP contribution in [0.5, 0.6) is 5.75 Å². The molecule has 2 heterocycles. The van der Waals surface area contributed by atoms with Crippen LogP contribution < -0.4 is 15.9 Å². The van der Waals surface area contributed by atoms with Gasteiger partial charge in [0, 0.05) is 6.07 Å². The van der Waals surface area contributed by atoms with E-state index in [0.29, 0.717) is 11.5 Å². The lowest BCUT2D eigenvalue weighted by Crippen LogP contribution is -2.21. The third-order valence-electron chi connectivity index (χ3n) is 3.04. The third-order valence-corrected chi connectivity index (χ3v) is 3.04. The Balaban J connectivity index is 2.22. The van der Waals surface area contributed by atoms with Crippen LogP contribution in [0.1, 0.15) is 23.0 Å². The van der Waals surface area contributed by atoms with Gasteiger partial charge in [0.1, 0.15) is 5.76 Å². The molecule has 0 saturated carbocycles. The number of aryl methyl sites for hydroxylation is 1. The molecule has 2 N–H and O–H groups in total. The van der Waals surface area contributed by atoms with E-state index >= 15 is 0 Å². The second kappa shape index (κ2) is 4.31. The van der Waals surface area contributed by atoms with Crippen LogP contribution in [-0.4, -0.2) is 0 Å². The maximum atomic E-state index is 11.9. The molecule has 1 aromatic carbocycles. The Labute approximate surface area is 110 Å². The molecular weight excluding hydrogens is 242 g/mol. The molecule has 0 saturated heterocycles. The Bertz CT molecular complexity index is 701. The first kappa shape index (κ1) is 11.6. The summed E-state index contributed by atoms with van der Waals surface area (Å²) in [6, 6.07) is 11.1. The highest BCUT2D eigenvalue weighted by Crippen LogP contribution is 2.35. The average molecular weight is 255 g/mol. The van der Waals surface area contributed by atoms with E-state index < -0.39 is 0 Å². The highest BCUT2D eigenvalue weighted by Gasteiger charge is 2.27. The Morgan fingerprint density at radius 1 is 1.21 bits per heavy atom. The molecule has 1 aliphatic rings. The van der Waals surface area contributed by atoms with E-state index in [0.717, 1.165) is 5.56 Å². The molecule has 19 heavy (non-hydrogen) atoms. The van der Waals surface area contributed by atoms with Gasteiger partial charge in [-0.1, -0.05) is 30.3 Å². The normalized spacial score (nSPS) is 17.3. The van der Waals surface area contributed by atoms with Crippen molar-refractivity contribution in [3.8, 4) is 5.75 Å². The maximum absolute atomic E-state index is 11.9. The van der Waals surface area contributed by atoms with Gasteiger partial charge in [-0.3, -0.25) is 4.79 Å². The molecule has 1 unspecified atom stereocenters. The molecule has 0 radical (unpaired) electrons. The minimum atomic E-state index is -0.212. The largest absolute Gasteiger partial charge is 0.461 e. The van der Waals surface area contributed by atoms with Crippen molar-refractivity contribution in [1.29, 1.82) is 0 Å². The number of allylic oxidation sites excluding steroid dienone is 1. The van der Waals surface area contributed by atoms with Crippen molar-refractivity contribution in [1.82, 2.24) is 0 Å². The molecule has 1 aromatic heterocycles. The summed E-state index contributed by atoms with van der Waals surface area (Å²) in [5.41, 5.74) is 6.53. The van der Waals surface area contributed by atoms with Crippen molar-refractivity contribution in [2.24, 2.45) is 5.73 Å². The first-order chi connectivity index (χ1) is 9.15. The Hall–Kier alpha value is -2.49. The van der Waals surface area contributed by atoms with Gasteiger partial charge in [0.25, 0.3) is 0 Å². The zero-order chi connectivity index (χ0) is 13.4. The Morgan fingerprint density at radius 2 is 1.95 bits per heavy atom. The fraction of sp³-hybridized carbons (Fsp3) is 0.133. The molecule has 4 heteroatoms. The average Bonchev–Trinajstić information content (AvgIpc) is 2.40. The van der Waals surface area contributed by atoms with Crippen LogP contribution in [0, 0.1) is 6.92 Å². The predicted octanol–water partition coefficient (Wildman–Crippen LogP) is 2.27. The molecule has 0 fully saturated rings. The molecule has 96 valence electrons. The Morgan fingerprint density at radius 3 is 2.68 bits per heavy atom. The summed E-state index contributed by atoms with van der Waals surface area (Å²) < 4.78 is 11.0. The van der Waals surface area contributed by atoms with Crippen LogP contribution in [0.3, 0.4) is 0 Å². The van der Waals surface area contributed by atoms with E-state index in [2.05, 4.69) is 0 Å². The van der Waals surface area contributed by atoms with Gasteiger partial charge in [-0.25, -0.2) is 0 Å². The van der Waals surface area contributed by atoms with E-state index in [9.17, 15) is 4.79 Å². The van der Waals surface area contributed by atoms with Crippen LogP contribution in [0.4, 0.5) is 0 Å². The molecule has 1 atom stereocenters. The van der Waals surface area contributed by atoms with E-state index in [1.54, 1.807) is 13.0 Å². The van der Waals surface area contributed by atoms with Crippen molar-refractivity contribution in [2.45, 2.75) is 12.8 Å². The molecule has 3 rings (SSSR count). The summed E-state index contributed by atoms with van der Waals surface area (Å²) in [6.07, 6.45) is 1.75. The summed E-state index contributed by atoms with van der Waals surface area (Å²) in [5.74, 6) is 1.27. The van der Waals surface area contributed by atoms with Crippen LogP contribution in [0.25, 0.3) is 0 Å². The molecule has 0 amide bonds. The molecule has 1 aliphatic heterocycles. The lowest BCUT2D eigenvalue weighted by Gasteiger charge is -2.21. The van der Waals surface area contributed by atoms with E-state index in [1.165, 1.54) is 6.07 Å². The number of nitrogens with two attached hydrogens (primary N) is 1. The van der Waals surface area contributed by atoms with Gasteiger partial charge in [0.15, 0.2) is 11.6 Å². The minimum Gasteiger partial charge on any atom is -0.461 e. The van der Waals surface area contributed by atoms with Gasteiger partial charge >= 0.3 is 0 Å². The molecular formula is C15H13NO3. The number of rotatable bonds is 1. The van der Waals surface area contributed by atoms with Gasteiger partial charge in [-0.15, -0.1) is 0 Å². The van der Waals surface area contributed by atoms with Crippen LogP contribution >= 0.6 is 0 Å². The van der Waals surface area contributed by atoms with E-state index in [-0.39, 0.29) is 23.0 Å². The maximum Gasteiger partial charge on any atom is 0.228 e. The third kappa shape index (κ3) is 2.01. The van der Waals surface area contributed by atoms with Crippen LogP contribution in [0.15, 0.2) is 57.6 Å². The SMILES string of the molecule is Cc1cc(=O)c2c(o1)C(c1ccccc1)C=C(N)O2. The number of ether oxygens (including phenoxy) is 1. The number of benzene rings is 1. The fourth-order valence-corrected chi connectivity index (χ4v) is 2.23. The van der Waals surface area contributed by atoms with Gasteiger partial charge < -0.3 is 14.9 Å². The van der Waals surface area contributed by atoms with Crippen molar-refractivity contribution < 1.29 is 9.15 Å². The van der Waals surface area contributed by atoms with E-state index in [4.69, 9.17) is 14.9 Å². The second-order valence-electron chi connectivity index (χ2n) is 4.47. The lowest BCUT2D eigenvalue weighted by atomic mass is 9.94. The number of hydrogen-bond donors (Lipinski definition) is 1. The molecule has 4 nitrogen and oxygen atoms in total. The quantitative estimate of drug-likeness (QED) is 0.849. The van der Waals surface area contributed by atoms with Gasteiger partial charge in [0.2, 0.25) is 11.2 Å². The topological polar surface area (TPSA) is 65.5 Å². The standard InChI is InChI=1S/C15H13NO3/c1-9-7-12(17)15-14(18-9)11(8-13(16)19-15)10-5-3-2-4-6-10/h2-8,11H,16H2,1H3. The number of hydrogen-bond acceptors (Lipinski definition) is 4. The highest BCUT2D eigenvalue weighted by atomic mass is 16.5. The molecule has 0 aliphatic carbocycles. The van der Waals surface area contributed by atoms with Crippen molar-refractivity contribution in [2.75, 3.05) is 0 Å². The predicted molar refractivity (Wildman–Crippen MR) is 70.9 cm³/mol. The van der Waals surface area contributed by atoms with Gasteiger partial charge in [-0.05, 0) is 18.6 Å². The summed E-state index contributed by atoms with van der Waals surface area (Å²) >= 11 is 0. The molecule has 2 aromatic rings.